The molecule has 1 heterocycles. The Labute approximate surface area is 145 Å². The van der Waals surface area contributed by atoms with Gasteiger partial charge in [0.15, 0.2) is 18.1 Å². The normalized spacial score (nSPS) is 13.1. The number of hydrogen-bond acceptors (Lipinski definition) is 5. The summed E-state index contributed by atoms with van der Waals surface area (Å²) in [5.74, 6) is 0.611. The van der Waals surface area contributed by atoms with Crippen LogP contribution in [0, 0.1) is 11.3 Å². The number of carbonyl (C=O) groups excluding carboxylic acids is 1. The molecule has 0 aliphatic carbocycles. The minimum Gasteiger partial charge on any atom is -0.493 e. The fourth-order valence-electron chi connectivity index (χ4n) is 2.54. The summed E-state index contributed by atoms with van der Waals surface area (Å²) >= 11 is 0. The summed E-state index contributed by atoms with van der Waals surface area (Å²) in [6, 6.07) is 16.6. The molecule has 25 heavy (non-hydrogen) atoms. The van der Waals surface area contributed by atoms with Crippen molar-refractivity contribution < 1.29 is 14.3 Å². The number of amides is 1. The predicted molar refractivity (Wildman–Crippen MR) is 92.5 cm³/mol. The lowest BCUT2D eigenvalue weighted by Gasteiger charge is -2.14. The standard InChI is InChI=1S/C19H17N3O3/c1-24-18-11-14(12-20)7-8-17(18)25-13-19(23)22-10-9-16(21-22)15-5-3-2-4-6-15/h2-8,11H,9-10,13H2,1H3. The monoisotopic (exact) mass is 335 g/mol. The quantitative estimate of drug-likeness (QED) is 0.842. The molecule has 0 N–H and O–H groups in total. The molecule has 0 unspecified atom stereocenters. The van der Waals surface area contributed by atoms with Gasteiger partial charge in [-0.05, 0) is 17.7 Å². The molecule has 1 aliphatic heterocycles. The first-order valence-corrected chi connectivity index (χ1v) is 7.85. The van der Waals surface area contributed by atoms with E-state index in [1.807, 2.05) is 36.4 Å². The number of rotatable bonds is 5. The van der Waals surface area contributed by atoms with Crippen molar-refractivity contribution in [3.63, 3.8) is 0 Å². The molecule has 1 amide bonds. The lowest BCUT2D eigenvalue weighted by Crippen LogP contribution is -2.28. The predicted octanol–water partition coefficient (Wildman–Crippen LogP) is 2.58. The number of hydrogen-bond donors (Lipinski definition) is 0. The molecule has 0 bridgehead atoms. The van der Waals surface area contributed by atoms with Crippen LogP contribution in [0.3, 0.4) is 0 Å². The number of ether oxygens (including phenoxy) is 2. The highest BCUT2D eigenvalue weighted by Crippen LogP contribution is 2.28. The SMILES string of the molecule is COc1cc(C#N)ccc1OCC(=O)N1CCC(c2ccccc2)=N1. The highest BCUT2D eigenvalue weighted by atomic mass is 16.5. The fourth-order valence-corrected chi connectivity index (χ4v) is 2.54. The van der Waals surface area contributed by atoms with Crippen LogP contribution in [0.15, 0.2) is 53.6 Å². The number of hydrazone groups is 1. The zero-order valence-corrected chi connectivity index (χ0v) is 13.8. The summed E-state index contributed by atoms with van der Waals surface area (Å²) < 4.78 is 10.7. The van der Waals surface area contributed by atoms with E-state index in [2.05, 4.69) is 5.10 Å². The molecule has 0 saturated heterocycles. The number of nitriles is 1. The van der Waals surface area contributed by atoms with E-state index in [-0.39, 0.29) is 12.5 Å². The van der Waals surface area contributed by atoms with E-state index >= 15 is 0 Å². The zero-order valence-electron chi connectivity index (χ0n) is 13.8. The van der Waals surface area contributed by atoms with Gasteiger partial charge < -0.3 is 9.47 Å². The minimum atomic E-state index is -0.225. The third kappa shape index (κ3) is 3.78. The van der Waals surface area contributed by atoms with Crippen LogP contribution >= 0.6 is 0 Å². The van der Waals surface area contributed by atoms with Gasteiger partial charge in [-0.2, -0.15) is 10.4 Å². The molecule has 6 nitrogen and oxygen atoms in total. The van der Waals surface area contributed by atoms with Crippen molar-refractivity contribution in [2.24, 2.45) is 5.10 Å². The van der Waals surface area contributed by atoms with Gasteiger partial charge in [-0.1, -0.05) is 30.3 Å². The number of nitrogens with zero attached hydrogens (tertiary/aromatic N) is 3. The second-order valence-corrected chi connectivity index (χ2v) is 5.45. The van der Waals surface area contributed by atoms with Gasteiger partial charge in [-0.25, -0.2) is 5.01 Å². The fraction of sp³-hybridized carbons (Fsp3) is 0.211. The van der Waals surface area contributed by atoms with Crippen molar-refractivity contribution in [1.29, 1.82) is 5.26 Å². The summed E-state index contributed by atoms with van der Waals surface area (Å²) in [5.41, 5.74) is 2.38. The highest BCUT2D eigenvalue weighted by Gasteiger charge is 2.22. The Morgan fingerprint density at radius 2 is 2.04 bits per heavy atom. The van der Waals surface area contributed by atoms with E-state index in [4.69, 9.17) is 14.7 Å². The van der Waals surface area contributed by atoms with Gasteiger partial charge in [-0.15, -0.1) is 0 Å². The molecule has 126 valence electrons. The van der Waals surface area contributed by atoms with Crippen molar-refractivity contribution in [3.8, 4) is 17.6 Å². The zero-order chi connectivity index (χ0) is 17.6. The molecule has 6 heteroatoms. The van der Waals surface area contributed by atoms with Crippen LogP contribution in [0.2, 0.25) is 0 Å². The molecule has 0 saturated carbocycles. The molecule has 2 aromatic rings. The van der Waals surface area contributed by atoms with E-state index in [1.54, 1.807) is 18.2 Å². The summed E-state index contributed by atoms with van der Waals surface area (Å²) in [5, 5.41) is 14.7. The van der Waals surface area contributed by atoms with Gasteiger partial charge in [0.05, 0.1) is 31.0 Å². The second kappa shape index (κ2) is 7.49. The topological polar surface area (TPSA) is 74.9 Å². The molecular weight excluding hydrogens is 318 g/mol. The molecule has 0 aromatic heterocycles. The molecule has 0 atom stereocenters. The molecule has 3 rings (SSSR count). The minimum absolute atomic E-state index is 0.145. The van der Waals surface area contributed by atoms with E-state index in [9.17, 15) is 4.79 Å². The maximum Gasteiger partial charge on any atom is 0.280 e. The first-order valence-electron chi connectivity index (χ1n) is 7.85. The van der Waals surface area contributed by atoms with Crippen molar-refractivity contribution in [2.45, 2.75) is 6.42 Å². The average molecular weight is 335 g/mol. The second-order valence-electron chi connectivity index (χ2n) is 5.45. The first kappa shape index (κ1) is 16.5. The Morgan fingerprint density at radius 3 is 2.76 bits per heavy atom. The molecule has 0 radical (unpaired) electrons. The molecule has 2 aromatic carbocycles. The van der Waals surface area contributed by atoms with Crippen LogP contribution in [0.25, 0.3) is 0 Å². The van der Waals surface area contributed by atoms with Crippen LogP contribution in [0.5, 0.6) is 11.5 Å². The van der Waals surface area contributed by atoms with Crippen LogP contribution in [0.1, 0.15) is 17.5 Å². The number of carbonyl (C=O) groups is 1. The van der Waals surface area contributed by atoms with E-state index in [0.717, 1.165) is 17.7 Å². The summed E-state index contributed by atoms with van der Waals surface area (Å²) in [7, 11) is 1.49. The Kier molecular flexibility index (Phi) is 4.95. The van der Waals surface area contributed by atoms with Crippen molar-refractivity contribution in [1.82, 2.24) is 5.01 Å². The Morgan fingerprint density at radius 1 is 1.24 bits per heavy atom. The van der Waals surface area contributed by atoms with E-state index < -0.39 is 0 Å². The smallest absolute Gasteiger partial charge is 0.280 e. The Hall–Kier alpha value is -3.33. The summed E-state index contributed by atoms with van der Waals surface area (Å²) in [6.07, 6.45) is 0.718. The number of methoxy groups -OCH3 is 1. The van der Waals surface area contributed by atoms with Crippen LogP contribution in [-0.2, 0) is 4.79 Å². The van der Waals surface area contributed by atoms with Gasteiger partial charge in [0.25, 0.3) is 5.91 Å². The van der Waals surface area contributed by atoms with Gasteiger partial charge in [0, 0.05) is 12.5 Å². The Balaban J connectivity index is 1.64. The van der Waals surface area contributed by atoms with Gasteiger partial charge >= 0.3 is 0 Å². The molecule has 0 fully saturated rings. The van der Waals surface area contributed by atoms with Crippen molar-refractivity contribution in [2.75, 3.05) is 20.3 Å². The van der Waals surface area contributed by atoms with Gasteiger partial charge in [0.2, 0.25) is 0 Å². The van der Waals surface area contributed by atoms with Gasteiger partial charge in [0.1, 0.15) is 0 Å². The van der Waals surface area contributed by atoms with E-state index in [1.165, 1.54) is 12.1 Å². The maximum absolute atomic E-state index is 12.3. The van der Waals surface area contributed by atoms with Crippen LogP contribution in [0.4, 0.5) is 0 Å². The molecular formula is C19H17N3O3. The van der Waals surface area contributed by atoms with Crippen LogP contribution in [-0.4, -0.2) is 36.9 Å². The molecule has 0 spiro atoms. The molecule has 1 aliphatic rings. The summed E-state index contributed by atoms with van der Waals surface area (Å²) in [4.78, 5) is 12.3. The third-order valence-electron chi connectivity index (χ3n) is 3.84. The summed E-state index contributed by atoms with van der Waals surface area (Å²) in [6.45, 7) is 0.394. The van der Waals surface area contributed by atoms with Gasteiger partial charge in [-0.3, -0.25) is 4.79 Å². The van der Waals surface area contributed by atoms with Crippen LogP contribution < -0.4 is 9.47 Å². The van der Waals surface area contributed by atoms with Crippen molar-refractivity contribution >= 4 is 11.6 Å². The van der Waals surface area contributed by atoms with Crippen molar-refractivity contribution in [3.05, 3.63) is 59.7 Å². The Bertz CT molecular complexity index is 841. The highest BCUT2D eigenvalue weighted by molar-refractivity contribution is 6.02. The number of benzene rings is 2. The maximum atomic E-state index is 12.3. The third-order valence-corrected chi connectivity index (χ3v) is 3.84. The first-order chi connectivity index (χ1) is 12.2. The van der Waals surface area contributed by atoms with E-state index in [0.29, 0.717) is 23.6 Å². The lowest BCUT2D eigenvalue weighted by molar-refractivity contribution is -0.132. The lowest BCUT2D eigenvalue weighted by atomic mass is 10.1. The average Bonchev–Trinajstić information content (AvgIpc) is 3.17. The largest absolute Gasteiger partial charge is 0.493 e.